The molecule has 5 aliphatic rings. The van der Waals surface area contributed by atoms with Crippen LogP contribution in [0.2, 0.25) is 0 Å². The van der Waals surface area contributed by atoms with Gasteiger partial charge in [0.25, 0.3) is 0 Å². The van der Waals surface area contributed by atoms with Gasteiger partial charge in [0.2, 0.25) is 5.95 Å². The lowest BCUT2D eigenvalue weighted by Crippen LogP contribution is -2.61. The van der Waals surface area contributed by atoms with Gasteiger partial charge in [-0.05, 0) is 74.2 Å². The van der Waals surface area contributed by atoms with Gasteiger partial charge in [-0.1, -0.05) is 37.5 Å². The Bertz CT molecular complexity index is 1220. The van der Waals surface area contributed by atoms with Gasteiger partial charge in [0.1, 0.15) is 23.2 Å². The third kappa shape index (κ3) is 5.99. The molecule has 0 saturated heterocycles. The van der Waals surface area contributed by atoms with E-state index in [4.69, 9.17) is 0 Å². The van der Waals surface area contributed by atoms with Crippen molar-refractivity contribution in [1.29, 1.82) is 5.26 Å². The third-order valence-corrected chi connectivity index (χ3v) is 9.61. The van der Waals surface area contributed by atoms with Crippen LogP contribution in [0.15, 0.2) is 30.5 Å². The van der Waals surface area contributed by atoms with Crippen molar-refractivity contribution < 1.29 is 17.9 Å². The molecule has 4 bridgehead atoms. The van der Waals surface area contributed by atoms with Crippen molar-refractivity contribution in [3.05, 3.63) is 41.6 Å². The second kappa shape index (κ2) is 11.1. The summed E-state index contributed by atoms with van der Waals surface area (Å²) in [6.07, 6.45) is 9.65. The predicted octanol–water partition coefficient (Wildman–Crippen LogP) is 6.39. The molecule has 1 unspecified atom stereocenters. The molecule has 7 nitrogen and oxygen atoms in total. The highest BCUT2D eigenvalue weighted by Gasteiger charge is 2.55. The van der Waals surface area contributed by atoms with Crippen LogP contribution in [0, 0.1) is 34.5 Å². The van der Waals surface area contributed by atoms with E-state index in [1.165, 1.54) is 82.5 Å². The van der Waals surface area contributed by atoms with E-state index in [1.54, 1.807) is 12.1 Å². The second-order valence-electron chi connectivity index (χ2n) is 12.4. The molecule has 5 fully saturated rings. The molecule has 0 radical (unpaired) electrons. The van der Waals surface area contributed by atoms with Crippen LogP contribution in [-0.2, 0) is 6.54 Å². The van der Waals surface area contributed by atoms with Crippen molar-refractivity contribution in [2.24, 2.45) is 23.2 Å². The lowest BCUT2D eigenvalue weighted by Gasteiger charge is -2.61. The van der Waals surface area contributed by atoms with Crippen LogP contribution < -0.4 is 20.7 Å². The Balaban J connectivity index is 1.11. The van der Waals surface area contributed by atoms with Gasteiger partial charge < -0.3 is 20.7 Å². The number of hydrogen-bond donors (Lipinski definition) is 3. The maximum Gasteiger partial charge on any atom is 0.573 e. The molecular weight excluding hydrogens is 517 g/mol. The number of ether oxygens (including phenoxy) is 1. The van der Waals surface area contributed by atoms with Crippen molar-refractivity contribution in [2.45, 2.75) is 89.2 Å². The van der Waals surface area contributed by atoms with Crippen LogP contribution in [0.5, 0.6) is 5.75 Å². The van der Waals surface area contributed by atoms with Crippen molar-refractivity contribution >= 4 is 11.8 Å². The topological polar surface area (TPSA) is 94.9 Å². The van der Waals surface area contributed by atoms with E-state index in [0.717, 1.165) is 12.5 Å². The quantitative estimate of drug-likeness (QED) is 0.331. The van der Waals surface area contributed by atoms with Gasteiger partial charge >= 0.3 is 6.36 Å². The average molecular weight is 555 g/mol. The number of halogens is 3. The third-order valence-electron chi connectivity index (χ3n) is 9.61. The first-order valence-electron chi connectivity index (χ1n) is 14.6. The van der Waals surface area contributed by atoms with E-state index < -0.39 is 6.36 Å². The molecule has 2 aromatic rings. The van der Waals surface area contributed by atoms with Crippen LogP contribution in [0.3, 0.4) is 0 Å². The number of nitriles is 1. The van der Waals surface area contributed by atoms with Crippen LogP contribution in [0.25, 0.3) is 0 Å². The molecule has 7 rings (SSSR count). The summed E-state index contributed by atoms with van der Waals surface area (Å²) in [6, 6.07) is 9.46. The highest BCUT2D eigenvalue weighted by atomic mass is 19.4. The van der Waals surface area contributed by atoms with Crippen LogP contribution in [0.4, 0.5) is 24.9 Å². The van der Waals surface area contributed by atoms with Crippen LogP contribution in [-0.4, -0.2) is 35.0 Å². The molecule has 1 aromatic carbocycles. The van der Waals surface area contributed by atoms with Crippen molar-refractivity contribution in [2.75, 3.05) is 17.2 Å². The van der Waals surface area contributed by atoms with Gasteiger partial charge in [-0.15, -0.1) is 13.2 Å². The molecule has 40 heavy (non-hydrogen) atoms. The van der Waals surface area contributed by atoms with Crippen molar-refractivity contribution in [1.82, 2.24) is 15.3 Å². The molecule has 1 heterocycles. The molecule has 5 aliphatic carbocycles. The number of hydrogen-bond acceptors (Lipinski definition) is 7. The highest BCUT2D eigenvalue weighted by molar-refractivity contribution is 5.53. The molecule has 5 atom stereocenters. The Labute approximate surface area is 233 Å². The Morgan fingerprint density at radius 1 is 1.02 bits per heavy atom. The van der Waals surface area contributed by atoms with E-state index in [-0.39, 0.29) is 23.7 Å². The Morgan fingerprint density at radius 3 is 2.50 bits per heavy atom. The van der Waals surface area contributed by atoms with E-state index in [9.17, 15) is 18.4 Å². The zero-order chi connectivity index (χ0) is 27.7. The smallest absolute Gasteiger partial charge is 0.405 e. The van der Waals surface area contributed by atoms with E-state index in [1.807, 2.05) is 0 Å². The zero-order valence-electron chi connectivity index (χ0n) is 22.6. The molecule has 10 heteroatoms. The number of aromatic nitrogens is 2. The zero-order valence-corrected chi connectivity index (χ0v) is 22.6. The monoisotopic (exact) mass is 554 g/mol. The number of rotatable bonds is 9. The molecular formula is C30H37F3N6O. The fourth-order valence-electron chi connectivity index (χ4n) is 8.23. The number of nitrogens with one attached hydrogen (secondary N) is 3. The highest BCUT2D eigenvalue weighted by Crippen LogP contribution is 2.60. The minimum atomic E-state index is -4.78. The molecule has 1 aromatic heterocycles. The van der Waals surface area contributed by atoms with E-state index in [0.29, 0.717) is 40.9 Å². The Hall–Kier alpha value is -3.06. The number of nitrogens with zero attached hydrogens (tertiary/aromatic N) is 3. The summed E-state index contributed by atoms with van der Waals surface area (Å²) in [5.74, 6) is 2.64. The van der Waals surface area contributed by atoms with E-state index in [2.05, 4.69) is 36.7 Å². The fourth-order valence-corrected chi connectivity index (χ4v) is 8.23. The summed E-state index contributed by atoms with van der Waals surface area (Å²) < 4.78 is 42.5. The first kappa shape index (κ1) is 27.1. The lowest BCUT2D eigenvalue weighted by atomic mass is 9.47. The maximum atomic E-state index is 12.8. The number of benzene rings is 1. The first-order chi connectivity index (χ1) is 19.3. The summed E-state index contributed by atoms with van der Waals surface area (Å²) in [4.78, 5) is 8.75. The van der Waals surface area contributed by atoms with Crippen LogP contribution >= 0.6 is 0 Å². The normalized spacial score (nSPS) is 29.6. The van der Waals surface area contributed by atoms with Crippen molar-refractivity contribution in [3.8, 4) is 11.8 Å². The van der Waals surface area contributed by atoms with Gasteiger partial charge in [-0.2, -0.15) is 10.2 Å². The minimum absolute atomic E-state index is 0.0436. The van der Waals surface area contributed by atoms with Crippen molar-refractivity contribution in [3.63, 3.8) is 0 Å². The van der Waals surface area contributed by atoms with Gasteiger partial charge in [0.15, 0.2) is 0 Å². The summed E-state index contributed by atoms with van der Waals surface area (Å²) >= 11 is 0. The first-order valence-corrected chi connectivity index (χ1v) is 14.6. The maximum absolute atomic E-state index is 12.8. The standard InChI is InChI=1S/C30H37F3N6O/c31-30(32,33)40-25-9-5-4-6-20(25)16-35-28-36-17-23(15-34)27(39-28)37-18-29-12-19-10-21(13-29)26(22(11-19)14-29)38-24-7-2-1-3-8-24/h4-6,9,17,19,21-22,24,26,38H,1-3,7-8,10-14,16,18H2,(H2,35,36,37,39)/t19?,21-,22+,26-,29+. The lowest BCUT2D eigenvalue weighted by molar-refractivity contribution is -0.274. The summed E-state index contributed by atoms with van der Waals surface area (Å²) in [6.45, 7) is 0.808. The van der Waals surface area contributed by atoms with Gasteiger partial charge in [-0.3, -0.25) is 0 Å². The SMILES string of the molecule is N#Cc1cnc(NCc2ccccc2OC(F)(F)F)nc1NC[C@@]12CC3C[C@H](C1)[C@@H](NC1CCCCC1)[C@@H](C3)C2. The Morgan fingerprint density at radius 2 is 1.77 bits per heavy atom. The summed E-state index contributed by atoms with van der Waals surface area (Å²) in [5.41, 5.74) is 0.889. The summed E-state index contributed by atoms with van der Waals surface area (Å²) in [5, 5.41) is 20.3. The number of alkyl halides is 3. The largest absolute Gasteiger partial charge is 0.573 e. The molecule has 3 N–H and O–H groups in total. The second-order valence-corrected chi connectivity index (χ2v) is 12.4. The van der Waals surface area contributed by atoms with Gasteiger partial charge in [0, 0.05) is 30.7 Å². The summed E-state index contributed by atoms with van der Waals surface area (Å²) in [7, 11) is 0. The van der Waals surface area contributed by atoms with Gasteiger partial charge in [0.05, 0.1) is 6.20 Å². The van der Waals surface area contributed by atoms with Gasteiger partial charge in [-0.25, -0.2) is 4.98 Å². The average Bonchev–Trinajstić information content (AvgIpc) is 2.93. The molecule has 0 aliphatic heterocycles. The molecule has 0 spiro atoms. The molecule has 214 valence electrons. The number of para-hydroxylation sites is 1. The fraction of sp³-hybridized carbons (Fsp3) is 0.633. The predicted molar refractivity (Wildman–Crippen MR) is 145 cm³/mol. The van der Waals surface area contributed by atoms with Crippen LogP contribution in [0.1, 0.15) is 75.3 Å². The minimum Gasteiger partial charge on any atom is -0.405 e. The number of anilines is 2. The van der Waals surface area contributed by atoms with E-state index >= 15 is 0 Å². The molecule has 0 amide bonds. The Kier molecular flexibility index (Phi) is 7.51. The molecule has 5 saturated carbocycles.